The lowest BCUT2D eigenvalue weighted by Gasteiger charge is -2.07. The number of aromatic nitrogens is 2. The van der Waals surface area contributed by atoms with E-state index in [-0.39, 0.29) is 13.4 Å². The van der Waals surface area contributed by atoms with E-state index in [1.165, 1.54) is 0 Å². The average Bonchev–Trinajstić information content (AvgIpc) is 3.07. The maximum atomic E-state index is 12.2. The van der Waals surface area contributed by atoms with E-state index in [9.17, 15) is 4.79 Å². The zero-order valence-electron chi connectivity index (χ0n) is 12.6. The fourth-order valence-electron chi connectivity index (χ4n) is 2.45. The molecule has 0 fully saturated rings. The molecule has 0 saturated carbocycles. The minimum atomic E-state index is -0.497. The first-order valence-corrected chi connectivity index (χ1v) is 7.28. The number of carbonyl (C=O) groups excluding carboxylic acids is 1. The Morgan fingerprint density at radius 1 is 1.12 bits per heavy atom. The van der Waals surface area contributed by atoms with Crippen LogP contribution in [0, 0.1) is 0 Å². The number of para-hydroxylation sites is 1. The van der Waals surface area contributed by atoms with Crippen molar-refractivity contribution >= 4 is 22.7 Å². The van der Waals surface area contributed by atoms with Gasteiger partial charge in [0, 0.05) is 5.39 Å². The van der Waals surface area contributed by atoms with E-state index in [1.54, 1.807) is 18.2 Å². The molecule has 2 heterocycles. The Balaban J connectivity index is 1.51. The van der Waals surface area contributed by atoms with Crippen LogP contribution in [0.15, 0.2) is 42.5 Å². The fourth-order valence-corrected chi connectivity index (χ4v) is 2.45. The van der Waals surface area contributed by atoms with E-state index in [1.807, 2.05) is 24.3 Å². The summed E-state index contributed by atoms with van der Waals surface area (Å²) in [7, 11) is 0. The van der Waals surface area contributed by atoms with Crippen LogP contribution in [0.5, 0.6) is 11.5 Å². The van der Waals surface area contributed by atoms with Gasteiger partial charge in [-0.2, -0.15) is 0 Å². The van der Waals surface area contributed by atoms with Gasteiger partial charge in [0.15, 0.2) is 23.9 Å². The number of hydrogen-bond donors (Lipinski definition) is 1. The Labute approximate surface area is 137 Å². The maximum absolute atomic E-state index is 12.2. The molecule has 4 rings (SSSR count). The van der Waals surface area contributed by atoms with Crippen LogP contribution >= 0.6 is 0 Å². The van der Waals surface area contributed by atoms with Gasteiger partial charge in [0.1, 0.15) is 5.82 Å². The van der Waals surface area contributed by atoms with Crippen molar-refractivity contribution in [1.82, 2.24) is 9.97 Å². The zero-order valence-corrected chi connectivity index (χ0v) is 12.6. The van der Waals surface area contributed by atoms with E-state index >= 15 is 0 Å². The average molecular weight is 323 g/mol. The summed E-state index contributed by atoms with van der Waals surface area (Å²) in [6.07, 6.45) is 0. The van der Waals surface area contributed by atoms with E-state index in [2.05, 4.69) is 9.97 Å². The molecule has 0 saturated heterocycles. The Morgan fingerprint density at radius 2 is 1.96 bits per heavy atom. The first-order valence-electron chi connectivity index (χ1n) is 7.28. The van der Waals surface area contributed by atoms with Crippen molar-refractivity contribution in [1.29, 1.82) is 0 Å². The number of carbonyl (C=O) groups is 1. The lowest BCUT2D eigenvalue weighted by molar-refractivity contribution is 0.0462. The number of fused-ring (bicyclic) bond motifs is 2. The molecule has 0 aliphatic carbocycles. The molecule has 1 aliphatic rings. The van der Waals surface area contributed by atoms with Crippen LogP contribution in [-0.2, 0) is 11.3 Å². The summed E-state index contributed by atoms with van der Waals surface area (Å²) in [5.74, 6) is 1.34. The van der Waals surface area contributed by atoms with Crippen LogP contribution in [-0.4, -0.2) is 22.7 Å². The van der Waals surface area contributed by atoms with Gasteiger partial charge in [-0.15, -0.1) is 0 Å². The standard InChI is InChI=1S/C17H13N3O4/c18-16-11-3-1-2-4-12(11)19-15(20-16)8-22-17(21)10-5-6-13-14(7-10)24-9-23-13/h1-7H,8-9H2,(H2,18,19,20). The number of nitrogens with two attached hydrogens (primary N) is 1. The molecule has 24 heavy (non-hydrogen) atoms. The highest BCUT2D eigenvalue weighted by atomic mass is 16.7. The number of esters is 1. The highest BCUT2D eigenvalue weighted by Crippen LogP contribution is 2.32. The highest BCUT2D eigenvalue weighted by Gasteiger charge is 2.17. The molecule has 0 radical (unpaired) electrons. The zero-order chi connectivity index (χ0) is 16.5. The van der Waals surface area contributed by atoms with Crippen molar-refractivity contribution in [3.05, 3.63) is 53.9 Å². The first kappa shape index (κ1) is 14.3. The lowest BCUT2D eigenvalue weighted by atomic mass is 10.2. The maximum Gasteiger partial charge on any atom is 0.338 e. The van der Waals surface area contributed by atoms with Gasteiger partial charge < -0.3 is 19.9 Å². The van der Waals surface area contributed by atoms with E-state index in [0.717, 1.165) is 5.39 Å². The van der Waals surface area contributed by atoms with Crippen LogP contribution in [0.25, 0.3) is 10.9 Å². The monoisotopic (exact) mass is 323 g/mol. The van der Waals surface area contributed by atoms with E-state index in [0.29, 0.717) is 34.2 Å². The van der Waals surface area contributed by atoms with Crippen molar-refractivity contribution in [2.24, 2.45) is 0 Å². The lowest BCUT2D eigenvalue weighted by Crippen LogP contribution is -2.08. The van der Waals surface area contributed by atoms with Gasteiger partial charge in [-0.1, -0.05) is 12.1 Å². The van der Waals surface area contributed by atoms with Crippen molar-refractivity contribution in [3.63, 3.8) is 0 Å². The molecule has 1 aliphatic heterocycles. The summed E-state index contributed by atoms with van der Waals surface area (Å²) in [6, 6.07) is 12.3. The number of nitrogen functional groups attached to an aromatic ring is 1. The smallest absolute Gasteiger partial charge is 0.338 e. The normalized spacial score (nSPS) is 12.3. The van der Waals surface area contributed by atoms with Crippen molar-refractivity contribution in [2.45, 2.75) is 6.61 Å². The molecule has 0 bridgehead atoms. The SMILES string of the molecule is Nc1nc(COC(=O)c2ccc3c(c2)OCO3)nc2ccccc12. The third kappa shape index (κ3) is 2.56. The van der Waals surface area contributed by atoms with E-state index in [4.69, 9.17) is 19.9 Å². The summed E-state index contributed by atoms with van der Waals surface area (Å²) in [5.41, 5.74) is 6.99. The number of anilines is 1. The molecule has 2 N–H and O–H groups in total. The Hall–Kier alpha value is -3.35. The Morgan fingerprint density at radius 3 is 2.88 bits per heavy atom. The molecule has 7 heteroatoms. The van der Waals surface area contributed by atoms with Crippen molar-refractivity contribution < 1.29 is 19.0 Å². The highest BCUT2D eigenvalue weighted by molar-refractivity contribution is 5.90. The fraction of sp³-hybridized carbons (Fsp3) is 0.118. The van der Waals surface area contributed by atoms with Crippen LogP contribution in [0.3, 0.4) is 0 Å². The van der Waals surface area contributed by atoms with E-state index < -0.39 is 5.97 Å². The summed E-state index contributed by atoms with van der Waals surface area (Å²) < 4.78 is 15.7. The van der Waals surface area contributed by atoms with Crippen LogP contribution in [0.4, 0.5) is 5.82 Å². The van der Waals surface area contributed by atoms with Gasteiger partial charge in [0.2, 0.25) is 6.79 Å². The molecule has 0 unspecified atom stereocenters. The summed E-state index contributed by atoms with van der Waals surface area (Å²) in [4.78, 5) is 20.7. The summed E-state index contributed by atoms with van der Waals surface area (Å²) >= 11 is 0. The molecular weight excluding hydrogens is 310 g/mol. The molecule has 1 aromatic heterocycles. The van der Waals surface area contributed by atoms with Gasteiger partial charge in [-0.25, -0.2) is 14.8 Å². The van der Waals surface area contributed by atoms with Crippen LogP contribution in [0.2, 0.25) is 0 Å². The Bertz CT molecular complexity index is 942. The molecule has 3 aromatic rings. The topological polar surface area (TPSA) is 96.6 Å². The van der Waals surface area contributed by atoms with Gasteiger partial charge in [0.05, 0.1) is 11.1 Å². The second-order valence-corrected chi connectivity index (χ2v) is 5.19. The second-order valence-electron chi connectivity index (χ2n) is 5.19. The molecule has 7 nitrogen and oxygen atoms in total. The minimum absolute atomic E-state index is 0.0672. The van der Waals surface area contributed by atoms with Gasteiger partial charge in [-0.05, 0) is 30.3 Å². The third-order valence-electron chi connectivity index (χ3n) is 3.62. The molecule has 2 aromatic carbocycles. The quantitative estimate of drug-likeness (QED) is 0.739. The number of hydrogen-bond acceptors (Lipinski definition) is 7. The number of rotatable bonds is 3. The molecule has 0 amide bonds. The van der Waals surface area contributed by atoms with Crippen molar-refractivity contribution in [3.8, 4) is 11.5 Å². The Kier molecular flexibility index (Phi) is 3.38. The summed E-state index contributed by atoms with van der Waals surface area (Å²) in [6.45, 7) is 0.0837. The molecule has 0 atom stereocenters. The predicted molar refractivity (Wildman–Crippen MR) is 85.6 cm³/mol. The van der Waals surface area contributed by atoms with Gasteiger partial charge in [0.25, 0.3) is 0 Å². The largest absolute Gasteiger partial charge is 0.454 e. The van der Waals surface area contributed by atoms with Gasteiger partial charge in [-0.3, -0.25) is 0 Å². The summed E-state index contributed by atoms with van der Waals surface area (Å²) in [5, 5.41) is 0.767. The van der Waals surface area contributed by atoms with Crippen molar-refractivity contribution in [2.75, 3.05) is 12.5 Å². The first-order chi connectivity index (χ1) is 11.7. The van der Waals surface area contributed by atoms with Crippen LogP contribution < -0.4 is 15.2 Å². The number of nitrogens with zero attached hydrogens (tertiary/aromatic N) is 2. The third-order valence-corrected chi connectivity index (χ3v) is 3.62. The number of benzene rings is 2. The van der Waals surface area contributed by atoms with Crippen LogP contribution in [0.1, 0.15) is 16.2 Å². The number of ether oxygens (including phenoxy) is 3. The molecule has 120 valence electrons. The predicted octanol–water partition coefficient (Wildman–Crippen LogP) is 2.30. The molecule has 0 spiro atoms. The second kappa shape index (κ2) is 5.69. The minimum Gasteiger partial charge on any atom is -0.454 e. The van der Waals surface area contributed by atoms with Gasteiger partial charge >= 0.3 is 5.97 Å². The molecular formula is C17H13N3O4.